The van der Waals surface area contributed by atoms with E-state index in [1.54, 1.807) is 6.92 Å². The van der Waals surface area contributed by atoms with Crippen molar-refractivity contribution in [1.82, 2.24) is 24.4 Å². The van der Waals surface area contributed by atoms with Gasteiger partial charge >= 0.3 is 6.18 Å². The summed E-state index contributed by atoms with van der Waals surface area (Å²) in [6.07, 6.45) is 0.0554. The molecule has 0 radical (unpaired) electrons. The molecule has 3 heterocycles. The van der Waals surface area contributed by atoms with Crippen molar-refractivity contribution in [2.45, 2.75) is 45.5 Å². The van der Waals surface area contributed by atoms with E-state index >= 15 is 0 Å². The molecule has 2 amide bonds. The van der Waals surface area contributed by atoms with Gasteiger partial charge in [-0.25, -0.2) is 9.97 Å². The molecule has 10 nitrogen and oxygen atoms in total. The van der Waals surface area contributed by atoms with Crippen LogP contribution in [-0.2, 0) is 11.3 Å². The van der Waals surface area contributed by atoms with Crippen molar-refractivity contribution in [3.05, 3.63) is 40.7 Å². The number of amides is 2. The molecule has 0 unspecified atom stereocenters. The summed E-state index contributed by atoms with van der Waals surface area (Å²) in [4.78, 5) is 46.2. The number of carbonyl (C=O) groups excluding carboxylic acids is 2. The van der Waals surface area contributed by atoms with E-state index in [4.69, 9.17) is 4.11 Å². The van der Waals surface area contributed by atoms with Gasteiger partial charge in [0.1, 0.15) is 29.2 Å². The second-order valence-electron chi connectivity index (χ2n) is 8.16. The minimum absolute atomic E-state index is 0.0247. The lowest BCUT2D eigenvalue weighted by Gasteiger charge is -2.18. The van der Waals surface area contributed by atoms with Crippen LogP contribution in [0.3, 0.4) is 0 Å². The summed E-state index contributed by atoms with van der Waals surface area (Å²) in [6, 6.07) is -0.882. The molecular formula is C22H24F3N7O3. The number of nitrogens with one attached hydrogen (secondary N) is 3. The van der Waals surface area contributed by atoms with Gasteiger partial charge in [0.05, 0.1) is 16.9 Å². The number of pyridine rings is 1. The predicted octanol–water partition coefficient (Wildman–Crippen LogP) is 3.19. The maximum absolute atomic E-state index is 13.4. The number of aryl methyl sites for hydroxylation is 1. The molecule has 1 atom stereocenters. The molecule has 0 aliphatic heterocycles. The van der Waals surface area contributed by atoms with E-state index in [1.807, 2.05) is 5.32 Å². The van der Waals surface area contributed by atoms with Crippen LogP contribution in [0.25, 0.3) is 11.0 Å². The van der Waals surface area contributed by atoms with Crippen molar-refractivity contribution in [3.8, 4) is 0 Å². The molecule has 0 aromatic carbocycles. The maximum Gasteiger partial charge on any atom is 0.409 e. The number of hydrogen-bond acceptors (Lipinski definition) is 6. The quantitative estimate of drug-likeness (QED) is 0.464. The Morgan fingerprint density at radius 1 is 1.29 bits per heavy atom. The molecule has 35 heavy (non-hydrogen) atoms. The van der Waals surface area contributed by atoms with Crippen LogP contribution in [0, 0.1) is 5.92 Å². The second-order valence-corrected chi connectivity index (χ2v) is 8.16. The van der Waals surface area contributed by atoms with Crippen LogP contribution in [0.15, 0.2) is 29.6 Å². The highest BCUT2D eigenvalue weighted by Crippen LogP contribution is 2.33. The summed E-state index contributed by atoms with van der Waals surface area (Å²) < 4.78 is 64.1. The number of fused-ring (bicyclic) bond motifs is 1. The third-order valence-corrected chi connectivity index (χ3v) is 5.77. The predicted molar refractivity (Wildman–Crippen MR) is 123 cm³/mol. The minimum atomic E-state index is -4.71. The molecule has 3 aromatic heterocycles. The van der Waals surface area contributed by atoms with Crippen molar-refractivity contribution >= 4 is 40.0 Å². The number of aromatic nitrogens is 4. The third-order valence-electron chi connectivity index (χ3n) is 5.77. The third kappa shape index (κ3) is 4.70. The second kappa shape index (κ2) is 9.04. The molecular weight excluding hydrogens is 467 g/mol. The summed E-state index contributed by atoms with van der Waals surface area (Å²) in [5, 5.41) is 7.13. The fourth-order valence-corrected chi connectivity index (χ4v) is 3.56. The molecule has 3 N–H and O–H groups in total. The van der Waals surface area contributed by atoms with Crippen molar-refractivity contribution in [1.29, 1.82) is 0 Å². The van der Waals surface area contributed by atoms with Gasteiger partial charge in [0.2, 0.25) is 5.91 Å². The number of anilines is 3. The summed E-state index contributed by atoms with van der Waals surface area (Å²) in [6.45, 7) is 0.0570. The van der Waals surface area contributed by atoms with Crippen LogP contribution in [0.2, 0.25) is 0 Å². The monoisotopic (exact) mass is 494 g/mol. The number of nitrogens with zero attached hydrogens (tertiary/aromatic N) is 4. The van der Waals surface area contributed by atoms with Crippen LogP contribution in [-0.4, -0.2) is 44.1 Å². The van der Waals surface area contributed by atoms with Gasteiger partial charge < -0.3 is 20.5 Å². The molecule has 4 rings (SSSR count). The van der Waals surface area contributed by atoms with E-state index < -0.39 is 30.7 Å². The van der Waals surface area contributed by atoms with Gasteiger partial charge in [-0.1, -0.05) is 0 Å². The minimum Gasteiger partial charge on any atom is -0.355 e. The normalized spacial score (nSPS) is 16.2. The Hall–Kier alpha value is -3.90. The van der Waals surface area contributed by atoms with Crippen molar-refractivity contribution in [3.63, 3.8) is 0 Å². The summed E-state index contributed by atoms with van der Waals surface area (Å²) in [5.74, 6) is -1.41. The SMILES string of the molecule is [2H]C([2H])([2H])NC(=O)c1cnc(NC(=O)C2CC2)cc1Nc1cn(CC)c2ncn([C@@H](C)C(F)(F)F)c(=O)c12. The molecule has 1 aliphatic rings. The van der Waals surface area contributed by atoms with E-state index in [1.165, 1.54) is 16.8 Å². The van der Waals surface area contributed by atoms with E-state index in [9.17, 15) is 27.6 Å². The van der Waals surface area contributed by atoms with Crippen LogP contribution < -0.4 is 21.5 Å². The van der Waals surface area contributed by atoms with E-state index in [0.717, 1.165) is 32.3 Å². The average molecular weight is 494 g/mol. The Labute approximate surface area is 201 Å². The molecule has 1 fully saturated rings. The molecule has 13 heteroatoms. The molecule has 1 aliphatic carbocycles. The molecule has 1 saturated carbocycles. The molecule has 3 aromatic rings. The average Bonchev–Trinajstić information content (AvgIpc) is 3.60. The largest absolute Gasteiger partial charge is 0.409 e. The topological polar surface area (TPSA) is 123 Å². The van der Waals surface area contributed by atoms with Crippen molar-refractivity contribution in [2.75, 3.05) is 17.6 Å². The Bertz CT molecular complexity index is 1460. The Morgan fingerprint density at radius 2 is 2.03 bits per heavy atom. The Kier molecular flexibility index (Phi) is 5.29. The summed E-state index contributed by atoms with van der Waals surface area (Å²) in [5.41, 5.74) is -1.12. The molecule has 186 valence electrons. The zero-order valence-electron chi connectivity index (χ0n) is 21.7. The summed E-state index contributed by atoms with van der Waals surface area (Å²) >= 11 is 0. The van der Waals surface area contributed by atoms with Crippen LogP contribution in [0.4, 0.5) is 30.4 Å². The smallest absolute Gasteiger partial charge is 0.355 e. The fourth-order valence-electron chi connectivity index (χ4n) is 3.56. The van der Waals surface area contributed by atoms with Gasteiger partial charge in [0.25, 0.3) is 11.5 Å². The van der Waals surface area contributed by atoms with Crippen molar-refractivity contribution < 1.29 is 26.9 Å². The Balaban J connectivity index is 1.83. The highest BCUT2D eigenvalue weighted by atomic mass is 19.4. The van der Waals surface area contributed by atoms with Gasteiger partial charge in [-0.3, -0.25) is 19.0 Å². The maximum atomic E-state index is 13.4. The number of hydrogen-bond donors (Lipinski definition) is 3. The van der Waals surface area contributed by atoms with E-state index in [-0.39, 0.29) is 45.6 Å². The zero-order valence-corrected chi connectivity index (χ0v) is 18.7. The van der Waals surface area contributed by atoms with Crippen LogP contribution >= 0.6 is 0 Å². The van der Waals surface area contributed by atoms with Gasteiger partial charge in [-0.2, -0.15) is 13.2 Å². The number of carbonyl (C=O) groups is 2. The first-order chi connectivity index (χ1) is 17.7. The number of halogens is 3. The van der Waals surface area contributed by atoms with Crippen LogP contribution in [0.1, 0.15) is 47.2 Å². The molecule has 0 bridgehead atoms. The standard InChI is InChI=1S/C22H24F3N7O3/c1-4-31-9-15(17-18(31)28-10-32(21(17)35)11(2)22(23,24)25)29-14-7-16(30-19(33)12-5-6-12)27-8-13(14)20(34)26-3/h7-12H,4-6H2,1-3H3,(H,26,34)(H2,27,29,30,33)/t11-/m0/s1/i3D3. The van der Waals surface area contributed by atoms with Gasteiger partial charge in [0.15, 0.2) is 0 Å². The Morgan fingerprint density at radius 3 is 2.66 bits per heavy atom. The van der Waals surface area contributed by atoms with E-state index in [0.29, 0.717) is 11.1 Å². The highest BCUT2D eigenvalue weighted by molar-refractivity contribution is 6.03. The lowest BCUT2D eigenvalue weighted by atomic mass is 10.2. The first-order valence-electron chi connectivity index (χ1n) is 12.3. The molecule has 0 spiro atoms. The van der Waals surface area contributed by atoms with Gasteiger partial charge in [0, 0.05) is 42.0 Å². The zero-order chi connectivity index (χ0) is 28.0. The van der Waals surface area contributed by atoms with Crippen LogP contribution in [0.5, 0.6) is 0 Å². The lowest BCUT2D eigenvalue weighted by molar-refractivity contribution is -0.163. The van der Waals surface area contributed by atoms with Gasteiger partial charge in [-0.05, 0) is 26.7 Å². The number of rotatable bonds is 7. The first kappa shape index (κ1) is 20.5. The first-order valence-corrected chi connectivity index (χ1v) is 10.8. The molecule has 0 saturated heterocycles. The van der Waals surface area contributed by atoms with Crippen molar-refractivity contribution in [2.24, 2.45) is 5.92 Å². The lowest BCUT2D eigenvalue weighted by Crippen LogP contribution is -2.32. The fraction of sp³-hybridized carbons (Fsp3) is 0.409. The number of alkyl halides is 3. The highest BCUT2D eigenvalue weighted by Gasteiger charge is 2.38. The summed E-state index contributed by atoms with van der Waals surface area (Å²) in [7, 11) is 0. The van der Waals surface area contributed by atoms with Gasteiger partial charge in [-0.15, -0.1) is 0 Å². The van der Waals surface area contributed by atoms with E-state index in [2.05, 4.69) is 20.6 Å².